The summed E-state index contributed by atoms with van der Waals surface area (Å²) >= 11 is 12.2. The Balaban J connectivity index is 2.59. The summed E-state index contributed by atoms with van der Waals surface area (Å²) in [6.45, 7) is 3.98. The zero-order valence-corrected chi connectivity index (χ0v) is 11.2. The molecular formula is C13H12Cl2N2. The summed E-state index contributed by atoms with van der Waals surface area (Å²) in [4.78, 5) is 8.61. The van der Waals surface area contributed by atoms with E-state index in [1.165, 1.54) is 0 Å². The minimum Gasteiger partial charge on any atom is -0.216 e. The molecule has 0 atom stereocenters. The van der Waals surface area contributed by atoms with E-state index >= 15 is 0 Å². The third-order valence-electron chi connectivity index (χ3n) is 2.65. The first-order valence-corrected chi connectivity index (χ1v) is 6.17. The molecule has 2 aromatic rings. The van der Waals surface area contributed by atoms with E-state index in [1.54, 1.807) is 0 Å². The van der Waals surface area contributed by atoms with E-state index in [9.17, 15) is 0 Å². The number of aromatic nitrogens is 2. The maximum atomic E-state index is 6.10. The Kier molecular flexibility index (Phi) is 3.65. The third-order valence-corrected chi connectivity index (χ3v) is 3.27. The van der Waals surface area contributed by atoms with Gasteiger partial charge in [0.1, 0.15) is 10.3 Å². The number of rotatable bonds is 2. The summed E-state index contributed by atoms with van der Waals surface area (Å²) in [5.41, 5.74) is 2.86. The van der Waals surface area contributed by atoms with E-state index in [1.807, 2.05) is 38.1 Å². The van der Waals surface area contributed by atoms with Gasteiger partial charge in [-0.1, -0.05) is 54.4 Å². The van der Waals surface area contributed by atoms with Crippen LogP contribution in [0.3, 0.4) is 0 Å². The van der Waals surface area contributed by atoms with E-state index in [-0.39, 0.29) is 0 Å². The summed E-state index contributed by atoms with van der Waals surface area (Å²) in [5.74, 6) is 0.579. The Bertz CT molecular complexity index is 530. The largest absolute Gasteiger partial charge is 0.216 e. The molecule has 0 radical (unpaired) electrons. The average Bonchev–Trinajstić information content (AvgIpc) is 2.29. The van der Waals surface area contributed by atoms with E-state index in [0.29, 0.717) is 16.1 Å². The van der Waals surface area contributed by atoms with Crippen LogP contribution >= 0.6 is 23.2 Å². The predicted molar refractivity (Wildman–Crippen MR) is 71.6 cm³/mol. The molecule has 0 saturated carbocycles. The van der Waals surface area contributed by atoms with Crippen LogP contribution in [0.2, 0.25) is 10.3 Å². The third kappa shape index (κ3) is 2.43. The lowest BCUT2D eigenvalue weighted by molar-refractivity contribution is 1.05. The van der Waals surface area contributed by atoms with Crippen molar-refractivity contribution in [2.45, 2.75) is 20.3 Å². The minimum absolute atomic E-state index is 0.436. The second-order valence-corrected chi connectivity index (χ2v) is 4.49. The van der Waals surface area contributed by atoms with E-state index in [0.717, 1.165) is 23.1 Å². The molecule has 0 fully saturated rings. The Morgan fingerprint density at radius 3 is 2.18 bits per heavy atom. The quantitative estimate of drug-likeness (QED) is 0.757. The molecule has 0 aliphatic heterocycles. The number of hydrogen-bond acceptors (Lipinski definition) is 2. The molecule has 1 heterocycles. The summed E-state index contributed by atoms with van der Waals surface area (Å²) in [5, 5.41) is 0.872. The van der Waals surface area contributed by atoms with E-state index < -0.39 is 0 Å². The monoisotopic (exact) mass is 266 g/mol. The fourth-order valence-corrected chi connectivity index (χ4v) is 2.32. The normalized spacial score (nSPS) is 10.6. The van der Waals surface area contributed by atoms with Crippen molar-refractivity contribution in [2.75, 3.05) is 0 Å². The van der Waals surface area contributed by atoms with Gasteiger partial charge in [-0.2, -0.15) is 0 Å². The maximum absolute atomic E-state index is 6.10. The molecule has 4 heteroatoms. The lowest BCUT2D eigenvalue weighted by atomic mass is 10.1. The Morgan fingerprint density at radius 2 is 1.65 bits per heavy atom. The van der Waals surface area contributed by atoms with Crippen LogP contribution in [-0.4, -0.2) is 9.97 Å². The first kappa shape index (κ1) is 12.3. The van der Waals surface area contributed by atoms with Crippen LogP contribution in [0, 0.1) is 6.92 Å². The maximum Gasteiger partial charge on any atom is 0.162 e. The zero-order valence-electron chi connectivity index (χ0n) is 9.67. The molecule has 1 aromatic heterocycles. The van der Waals surface area contributed by atoms with Crippen LogP contribution in [0.25, 0.3) is 11.4 Å². The van der Waals surface area contributed by atoms with Crippen molar-refractivity contribution < 1.29 is 0 Å². The standard InChI is InChI=1S/C13H12Cl2N2/c1-3-9-11(14)16-13(17-12(9)15)10-7-5-4-6-8(10)2/h4-7H,3H2,1-2H3. The van der Waals surface area contributed by atoms with Crippen molar-refractivity contribution in [1.82, 2.24) is 9.97 Å². The van der Waals surface area contributed by atoms with Crippen molar-refractivity contribution >= 4 is 23.2 Å². The van der Waals surface area contributed by atoms with E-state index in [2.05, 4.69) is 9.97 Å². The summed E-state index contributed by atoms with van der Waals surface area (Å²) in [7, 11) is 0. The molecule has 0 amide bonds. The van der Waals surface area contributed by atoms with Gasteiger partial charge in [-0.15, -0.1) is 0 Å². The van der Waals surface area contributed by atoms with Gasteiger partial charge in [0.2, 0.25) is 0 Å². The zero-order chi connectivity index (χ0) is 12.4. The van der Waals surface area contributed by atoms with Gasteiger partial charge in [0.05, 0.1) is 0 Å². The van der Waals surface area contributed by atoms with Gasteiger partial charge in [0.15, 0.2) is 5.82 Å². The first-order valence-electron chi connectivity index (χ1n) is 5.41. The lowest BCUT2D eigenvalue weighted by Gasteiger charge is -2.08. The summed E-state index contributed by atoms with van der Waals surface area (Å²) in [6.07, 6.45) is 0.728. The molecular weight excluding hydrogens is 255 g/mol. The molecule has 0 unspecified atom stereocenters. The fraction of sp³-hybridized carbons (Fsp3) is 0.231. The molecule has 88 valence electrons. The highest BCUT2D eigenvalue weighted by atomic mass is 35.5. The predicted octanol–water partition coefficient (Wildman–Crippen LogP) is 4.32. The van der Waals surface area contributed by atoms with Crippen molar-refractivity contribution in [1.29, 1.82) is 0 Å². The number of hydrogen-bond donors (Lipinski definition) is 0. The van der Waals surface area contributed by atoms with Gasteiger partial charge < -0.3 is 0 Å². The van der Waals surface area contributed by atoms with Crippen molar-refractivity contribution in [3.8, 4) is 11.4 Å². The average molecular weight is 267 g/mol. The molecule has 0 spiro atoms. The Labute approximate surface area is 111 Å². The minimum atomic E-state index is 0.436. The molecule has 1 aromatic carbocycles. The molecule has 2 rings (SSSR count). The highest BCUT2D eigenvalue weighted by Crippen LogP contribution is 2.27. The van der Waals surface area contributed by atoms with Crippen LogP contribution < -0.4 is 0 Å². The van der Waals surface area contributed by atoms with Crippen LogP contribution in [0.1, 0.15) is 18.1 Å². The van der Waals surface area contributed by atoms with Gasteiger partial charge in [-0.25, -0.2) is 9.97 Å². The van der Waals surface area contributed by atoms with Gasteiger partial charge >= 0.3 is 0 Å². The van der Waals surface area contributed by atoms with Gasteiger partial charge in [0.25, 0.3) is 0 Å². The number of benzene rings is 1. The smallest absolute Gasteiger partial charge is 0.162 e. The molecule has 0 aliphatic carbocycles. The highest BCUT2D eigenvalue weighted by Gasteiger charge is 2.12. The molecule has 0 saturated heterocycles. The van der Waals surface area contributed by atoms with Crippen LogP contribution in [0.15, 0.2) is 24.3 Å². The summed E-state index contributed by atoms with van der Waals surface area (Å²) in [6, 6.07) is 7.89. The van der Waals surface area contributed by atoms with Crippen molar-refractivity contribution in [2.24, 2.45) is 0 Å². The fourth-order valence-electron chi connectivity index (χ4n) is 1.67. The van der Waals surface area contributed by atoms with Crippen molar-refractivity contribution in [3.05, 3.63) is 45.7 Å². The highest BCUT2D eigenvalue weighted by molar-refractivity contribution is 6.34. The topological polar surface area (TPSA) is 25.8 Å². The number of aryl methyl sites for hydroxylation is 1. The second-order valence-electron chi connectivity index (χ2n) is 3.78. The SMILES string of the molecule is CCc1c(Cl)nc(-c2ccccc2C)nc1Cl. The number of nitrogens with zero attached hydrogens (tertiary/aromatic N) is 2. The lowest BCUT2D eigenvalue weighted by Crippen LogP contribution is -1.97. The number of halogens is 2. The molecule has 0 aliphatic rings. The van der Waals surface area contributed by atoms with Gasteiger partial charge in [0, 0.05) is 11.1 Å². The summed E-state index contributed by atoms with van der Waals surface area (Å²) < 4.78 is 0. The van der Waals surface area contributed by atoms with Gasteiger partial charge in [-0.3, -0.25) is 0 Å². The second kappa shape index (κ2) is 5.03. The molecule has 0 bridgehead atoms. The van der Waals surface area contributed by atoms with E-state index in [4.69, 9.17) is 23.2 Å². The Morgan fingerprint density at radius 1 is 1.06 bits per heavy atom. The molecule has 2 nitrogen and oxygen atoms in total. The molecule has 17 heavy (non-hydrogen) atoms. The molecule has 0 N–H and O–H groups in total. The van der Waals surface area contributed by atoms with Gasteiger partial charge in [-0.05, 0) is 18.9 Å². The van der Waals surface area contributed by atoms with Crippen molar-refractivity contribution in [3.63, 3.8) is 0 Å². The van der Waals surface area contributed by atoms with Crippen LogP contribution in [-0.2, 0) is 6.42 Å². The first-order chi connectivity index (χ1) is 8.13. The Hall–Kier alpha value is -1.12. The van der Waals surface area contributed by atoms with Crippen LogP contribution in [0.4, 0.5) is 0 Å². The van der Waals surface area contributed by atoms with Crippen LogP contribution in [0.5, 0.6) is 0 Å².